The largest absolute Gasteiger partial charge is 0.324 e. The van der Waals surface area contributed by atoms with Crippen molar-refractivity contribution in [3.05, 3.63) is 63.9 Å². The summed E-state index contributed by atoms with van der Waals surface area (Å²) in [5, 5.41) is 6.89. The molecule has 0 saturated carbocycles. The van der Waals surface area contributed by atoms with Crippen molar-refractivity contribution in [2.75, 3.05) is 0 Å². The summed E-state index contributed by atoms with van der Waals surface area (Å²) >= 11 is 3.61. The molecular formula is C17H18BrN3. The van der Waals surface area contributed by atoms with Crippen LogP contribution in [0, 0.1) is 6.92 Å². The van der Waals surface area contributed by atoms with Gasteiger partial charge in [-0.3, -0.25) is 4.68 Å². The molecule has 3 aromatic rings. The number of hydrogen-bond acceptors (Lipinski definition) is 2. The molecule has 21 heavy (non-hydrogen) atoms. The molecule has 0 aliphatic heterocycles. The highest BCUT2D eigenvalue weighted by Gasteiger charge is 2.16. The third kappa shape index (κ3) is 2.61. The quantitative estimate of drug-likeness (QED) is 0.783. The Kier molecular flexibility index (Phi) is 3.83. The summed E-state index contributed by atoms with van der Waals surface area (Å²) in [6.07, 6.45) is 0.756. The lowest BCUT2D eigenvalue weighted by molar-refractivity contribution is 0.641. The van der Waals surface area contributed by atoms with Gasteiger partial charge in [0.15, 0.2) is 0 Å². The Morgan fingerprint density at radius 3 is 2.62 bits per heavy atom. The minimum Gasteiger partial charge on any atom is -0.324 e. The van der Waals surface area contributed by atoms with E-state index in [0.717, 1.165) is 22.3 Å². The van der Waals surface area contributed by atoms with E-state index in [9.17, 15) is 0 Å². The number of halogens is 1. The van der Waals surface area contributed by atoms with Gasteiger partial charge in [0, 0.05) is 19.5 Å². The third-order valence-electron chi connectivity index (χ3n) is 3.90. The minimum absolute atomic E-state index is 0.0535. The fourth-order valence-corrected chi connectivity index (χ4v) is 3.29. The zero-order valence-electron chi connectivity index (χ0n) is 12.2. The predicted molar refractivity (Wildman–Crippen MR) is 90.2 cm³/mol. The van der Waals surface area contributed by atoms with E-state index >= 15 is 0 Å². The van der Waals surface area contributed by atoms with Gasteiger partial charge in [-0.25, -0.2) is 0 Å². The van der Waals surface area contributed by atoms with Gasteiger partial charge in [0.1, 0.15) is 0 Å². The number of fused-ring (bicyclic) bond motifs is 1. The maximum Gasteiger partial charge on any atom is 0.0738 e. The lowest BCUT2D eigenvalue weighted by Crippen LogP contribution is -2.16. The number of rotatable bonds is 3. The molecule has 1 atom stereocenters. The zero-order valence-corrected chi connectivity index (χ0v) is 13.8. The number of benzene rings is 2. The lowest BCUT2D eigenvalue weighted by Gasteiger charge is -2.15. The number of nitrogens with zero attached hydrogens (tertiary/aromatic N) is 2. The van der Waals surface area contributed by atoms with Crippen LogP contribution in [0.25, 0.3) is 10.8 Å². The fourth-order valence-electron chi connectivity index (χ4n) is 2.79. The van der Waals surface area contributed by atoms with Crippen molar-refractivity contribution in [1.82, 2.24) is 9.78 Å². The molecule has 0 bridgehead atoms. The first kappa shape index (κ1) is 14.3. The molecular weight excluding hydrogens is 326 g/mol. The second-order valence-electron chi connectivity index (χ2n) is 5.35. The second kappa shape index (κ2) is 5.62. The van der Waals surface area contributed by atoms with Gasteiger partial charge in [-0.2, -0.15) is 5.10 Å². The maximum atomic E-state index is 6.48. The summed E-state index contributed by atoms with van der Waals surface area (Å²) < 4.78 is 2.96. The molecule has 0 aliphatic carbocycles. The lowest BCUT2D eigenvalue weighted by atomic mass is 9.96. The van der Waals surface area contributed by atoms with Gasteiger partial charge in [-0.05, 0) is 39.2 Å². The van der Waals surface area contributed by atoms with Gasteiger partial charge >= 0.3 is 0 Å². The Balaban J connectivity index is 1.99. The average molecular weight is 344 g/mol. The number of nitrogens with two attached hydrogens (primary N) is 1. The van der Waals surface area contributed by atoms with E-state index < -0.39 is 0 Å². The van der Waals surface area contributed by atoms with Crippen LogP contribution in [-0.4, -0.2) is 9.78 Å². The molecule has 3 rings (SSSR count). The molecule has 0 radical (unpaired) electrons. The first-order valence-electron chi connectivity index (χ1n) is 6.99. The first-order valence-corrected chi connectivity index (χ1v) is 7.78. The highest BCUT2D eigenvalue weighted by Crippen LogP contribution is 2.28. The van der Waals surface area contributed by atoms with E-state index in [4.69, 9.17) is 5.73 Å². The first-order chi connectivity index (χ1) is 10.1. The maximum absolute atomic E-state index is 6.48. The SMILES string of the molecule is Cc1nn(C)c(CC(N)c2cccc3ccccc23)c1Br. The van der Waals surface area contributed by atoms with E-state index in [0.29, 0.717) is 0 Å². The third-order valence-corrected chi connectivity index (χ3v) is 4.93. The van der Waals surface area contributed by atoms with Crippen LogP contribution in [0.4, 0.5) is 0 Å². The van der Waals surface area contributed by atoms with Crippen molar-refractivity contribution in [3.63, 3.8) is 0 Å². The molecule has 0 saturated heterocycles. The van der Waals surface area contributed by atoms with Crippen LogP contribution >= 0.6 is 15.9 Å². The molecule has 0 aliphatic rings. The van der Waals surface area contributed by atoms with Crippen LogP contribution in [0.2, 0.25) is 0 Å². The van der Waals surface area contributed by atoms with Crippen LogP contribution < -0.4 is 5.73 Å². The molecule has 0 amide bonds. The van der Waals surface area contributed by atoms with Crippen LogP contribution in [0.3, 0.4) is 0 Å². The highest BCUT2D eigenvalue weighted by atomic mass is 79.9. The van der Waals surface area contributed by atoms with Crippen molar-refractivity contribution in [2.45, 2.75) is 19.4 Å². The number of aryl methyl sites for hydroxylation is 2. The summed E-state index contributed by atoms with van der Waals surface area (Å²) in [6, 6.07) is 14.6. The van der Waals surface area contributed by atoms with Crippen LogP contribution in [0.1, 0.15) is 23.0 Å². The van der Waals surface area contributed by atoms with E-state index in [2.05, 4.69) is 63.5 Å². The van der Waals surface area contributed by atoms with Crippen LogP contribution in [0.5, 0.6) is 0 Å². The number of hydrogen-bond donors (Lipinski definition) is 1. The Labute approximate surface area is 132 Å². The van der Waals surface area contributed by atoms with Crippen LogP contribution in [-0.2, 0) is 13.5 Å². The average Bonchev–Trinajstić information content (AvgIpc) is 2.73. The molecule has 2 aromatic carbocycles. The summed E-state index contributed by atoms with van der Waals surface area (Å²) in [5.41, 5.74) is 9.79. The molecule has 3 nitrogen and oxygen atoms in total. The van der Waals surface area contributed by atoms with Gasteiger partial charge in [0.2, 0.25) is 0 Å². The van der Waals surface area contributed by atoms with E-state index in [1.807, 2.05) is 18.7 Å². The summed E-state index contributed by atoms with van der Waals surface area (Å²) in [4.78, 5) is 0. The van der Waals surface area contributed by atoms with Gasteiger partial charge in [-0.1, -0.05) is 42.5 Å². The summed E-state index contributed by atoms with van der Waals surface area (Å²) in [5.74, 6) is 0. The van der Waals surface area contributed by atoms with E-state index in [-0.39, 0.29) is 6.04 Å². The standard InChI is InChI=1S/C17H18BrN3/c1-11-17(18)16(21(2)20-11)10-15(19)14-9-5-7-12-6-3-4-8-13(12)14/h3-9,15H,10,19H2,1-2H3. The molecule has 0 fully saturated rings. The van der Waals surface area contributed by atoms with E-state index in [1.54, 1.807) is 0 Å². The zero-order chi connectivity index (χ0) is 15.0. The van der Waals surface area contributed by atoms with Crippen molar-refractivity contribution in [3.8, 4) is 0 Å². The fraction of sp³-hybridized carbons (Fsp3) is 0.235. The van der Waals surface area contributed by atoms with Gasteiger partial charge < -0.3 is 5.73 Å². The van der Waals surface area contributed by atoms with Crippen molar-refractivity contribution >= 4 is 26.7 Å². The van der Waals surface area contributed by atoms with Crippen molar-refractivity contribution in [2.24, 2.45) is 12.8 Å². The number of aromatic nitrogens is 2. The minimum atomic E-state index is -0.0535. The van der Waals surface area contributed by atoms with Crippen molar-refractivity contribution in [1.29, 1.82) is 0 Å². The summed E-state index contributed by atoms with van der Waals surface area (Å²) in [6.45, 7) is 2.00. The topological polar surface area (TPSA) is 43.8 Å². The molecule has 108 valence electrons. The molecule has 1 heterocycles. The smallest absolute Gasteiger partial charge is 0.0738 e. The van der Waals surface area contributed by atoms with Gasteiger partial charge in [0.05, 0.1) is 15.9 Å². The normalized spacial score (nSPS) is 12.8. The Bertz CT molecular complexity index is 787. The molecule has 0 spiro atoms. The molecule has 4 heteroatoms. The predicted octanol–water partition coefficient (Wildman–Crippen LogP) is 3.89. The molecule has 2 N–H and O–H groups in total. The Morgan fingerprint density at radius 1 is 1.19 bits per heavy atom. The van der Waals surface area contributed by atoms with Crippen molar-refractivity contribution < 1.29 is 0 Å². The Hall–Kier alpha value is -1.65. The second-order valence-corrected chi connectivity index (χ2v) is 6.14. The van der Waals surface area contributed by atoms with Gasteiger partial charge in [0.25, 0.3) is 0 Å². The monoisotopic (exact) mass is 343 g/mol. The Morgan fingerprint density at radius 2 is 1.90 bits per heavy atom. The molecule has 1 unspecified atom stereocenters. The van der Waals surface area contributed by atoms with Crippen LogP contribution in [0.15, 0.2) is 46.9 Å². The van der Waals surface area contributed by atoms with E-state index in [1.165, 1.54) is 16.3 Å². The van der Waals surface area contributed by atoms with Gasteiger partial charge in [-0.15, -0.1) is 0 Å². The highest BCUT2D eigenvalue weighted by molar-refractivity contribution is 9.10. The molecule has 1 aromatic heterocycles. The summed E-state index contributed by atoms with van der Waals surface area (Å²) in [7, 11) is 1.96.